The Labute approximate surface area is 120 Å². The van der Waals surface area contributed by atoms with Gasteiger partial charge in [-0.05, 0) is 56.5 Å². The lowest BCUT2D eigenvalue weighted by atomic mass is 10.1. The lowest BCUT2D eigenvalue weighted by molar-refractivity contribution is 0.257. The number of rotatable bonds is 7. The number of aryl methyl sites for hydroxylation is 2. The molecule has 0 fully saturated rings. The average Bonchev–Trinajstić information content (AvgIpc) is 2.79. The minimum absolute atomic E-state index is 0.214. The highest BCUT2D eigenvalue weighted by molar-refractivity contribution is 5.77. The molecule has 0 amide bonds. The first kappa shape index (κ1) is 15.0. The topological polar surface area (TPSA) is 50.1 Å². The van der Waals surface area contributed by atoms with Crippen molar-refractivity contribution in [2.24, 2.45) is 0 Å². The Kier molecular flexibility index (Phi) is 5.15. The monoisotopic (exact) mass is 275 g/mol. The Morgan fingerprint density at radius 1 is 1.30 bits per heavy atom. The number of aliphatic hydroxyl groups excluding tert-OH is 1. The van der Waals surface area contributed by atoms with Gasteiger partial charge >= 0.3 is 0 Å². The van der Waals surface area contributed by atoms with E-state index < -0.39 is 0 Å². The number of hydrogen-bond acceptors (Lipinski definition) is 3. The van der Waals surface area contributed by atoms with Crippen LogP contribution in [0.3, 0.4) is 0 Å². The minimum Gasteiger partial charge on any atom is -0.396 e. The van der Waals surface area contributed by atoms with Gasteiger partial charge in [0, 0.05) is 19.2 Å². The molecule has 0 spiro atoms. The molecule has 2 aromatic rings. The summed E-state index contributed by atoms with van der Waals surface area (Å²) in [6.45, 7) is 8.45. The van der Waals surface area contributed by atoms with Gasteiger partial charge in [-0.25, -0.2) is 4.98 Å². The van der Waals surface area contributed by atoms with Gasteiger partial charge in [0.05, 0.1) is 17.4 Å². The molecule has 1 aromatic carbocycles. The van der Waals surface area contributed by atoms with Gasteiger partial charge in [0.1, 0.15) is 0 Å². The van der Waals surface area contributed by atoms with Gasteiger partial charge in [0.25, 0.3) is 0 Å². The third kappa shape index (κ3) is 3.38. The van der Waals surface area contributed by atoms with Crippen LogP contribution in [0.2, 0.25) is 0 Å². The van der Waals surface area contributed by atoms with E-state index in [0.717, 1.165) is 31.4 Å². The second-order valence-corrected chi connectivity index (χ2v) is 5.49. The first-order valence-electron chi connectivity index (χ1n) is 7.42. The Morgan fingerprint density at radius 3 is 2.75 bits per heavy atom. The first-order valence-corrected chi connectivity index (χ1v) is 7.42. The van der Waals surface area contributed by atoms with E-state index in [2.05, 4.69) is 47.8 Å². The molecule has 4 nitrogen and oxygen atoms in total. The summed E-state index contributed by atoms with van der Waals surface area (Å²) in [5.74, 6) is 0. The summed E-state index contributed by atoms with van der Waals surface area (Å²) in [7, 11) is 0. The van der Waals surface area contributed by atoms with Crippen molar-refractivity contribution < 1.29 is 5.11 Å². The summed E-state index contributed by atoms with van der Waals surface area (Å²) >= 11 is 0. The van der Waals surface area contributed by atoms with E-state index >= 15 is 0 Å². The fraction of sp³-hybridized carbons (Fsp3) is 0.562. The lowest BCUT2D eigenvalue weighted by Crippen LogP contribution is -2.34. The second kappa shape index (κ2) is 6.86. The van der Waals surface area contributed by atoms with Crippen molar-refractivity contribution in [2.45, 2.75) is 46.2 Å². The number of benzene rings is 1. The number of hydrogen-bond donors (Lipinski definition) is 2. The second-order valence-electron chi connectivity index (χ2n) is 5.49. The zero-order chi connectivity index (χ0) is 14.5. The fourth-order valence-electron chi connectivity index (χ4n) is 2.46. The predicted octanol–water partition coefficient (Wildman–Crippen LogP) is 2.40. The SMILES string of the molecule is CCCNC(CCO)Cn1cnc2cc(C)c(C)cc21. The van der Waals surface area contributed by atoms with Crippen LogP contribution in [0.1, 0.15) is 30.9 Å². The van der Waals surface area contributed by atoms with Crippen LogP contribution in [0.25, 0.3) is 11.0 Å². The lowest BCUT2D eigenvalue weighted by Gasteiger charge is -2.18. The van der Waals surface area contributed by atoms with E-state index in [9.17, 15) is 5.11 Å². The average molecular weight is 275 g/mol. The molecule has 1 unspecified atom stereocenters. The number of imidazole rings is 1. The largest absolute Gasteiger partial charge is 0.396 e. The smallest absolute Gasteiger partial charge is 0.0958 e. The molecule has 0 radical (unpaired) electrons. The number of nitrogens with zero attached hydrogens (tertiary/aromatic N) is 2. The highest BCUT2D eigenvalue weighted by Crippen LogP contribution is 2.18. The number of nitrogens with one attached hydrogen (secondary N) is 1. The number of aliphatic hydroxyl groups is 1. The normalized spacial score (nSPS) is 13.0. The molecule has 20 heavy (non-hydrogen) atoms. The van der Waals surface area contributed by atoms with E-state index in [-0.39, 0.29) is 6.61 Å². The fourth-order valence-corrected chi connectivity index (χ4v) is 2.46. The van der Waals surface area contributed by atoms with Crippen molar-refractivity contribution in [1.29, 1.82) is 0 Å². The summed E-state index contributed by atoms with van der Waals surface area (Å²) < 4.78 is 2.19. The van der Waals surface area contributed by atoms with E-state index in [1.165, 1.54) is 16.6 Å². The molecule has 0 aliphatic heterocycles. The summed E-state index contributed by atoms with van der Waals surface area (Å²) in [6, 6.07) is 4.63. The van der Waals surface area contributed by atoms with Crippen LogP contribution in [-0.4, -0.2) is 33.9 Å². The summed E-state index contributed by atoms with van der Waals surface area (Å²) in [5, 5.41) is 12.7. The quantitative estimate of drug-likeness (QED) is 0.816. The maximum Gasteiger partial charge on any atom is 0.0958 e. The molecule has 1 aromatic heterocycles. The van der Waals surface area contributed by atoms with Crippen LogP contribution in [0.5, 0.6) is 0 Å². The molecule has 1 heterocycles. The third-order valence-corrected chi connectivity index (χ3v) is 3.81. The van der Waals surface area contributed by atoms with E-state index in [4.69, 9.17) is 0 Å². The molecule has 2 rings (SSSR count). The van der Waals surface area contributed by atoms with Gasteiger partial charge in [0.2, 0.25) is 0 Å². The summed E-state index contributed by atoms with van der Waals surface area (Å²) in [5.41, 5.74) is 4.79. The third-order valence-electron chi connectivity index (χ3n) is 3.81. The van der Waals surface area contributed by atoms with Gasteiger partial charge in [-0.2, -0.15) is 0 Å². The van der Waals surface area contributed by atoms with Gasteiger partial charge in [-0.1, -0.05) is 6.92 Å². The predicted molar refractivity (Wildman–Crippen MR) is 83.0 cm³/mol. The molecule has 0 bridgehead atoms. The van der Waals surface area contributed by atoms with Crippen molar-refractivity contribution in [3.63, 3.8) is 0 Å². The van der Waals surface area contributed by atoms with Gasteiger partial charge in [-0.15, -0.1) is 0 Å². The number of fused-ring (bicyclic) bond motifs is 1. The molecule has 0 aliphatic carbocycles. The van der Waals surface area contributed by atoms with Gasteiger partial charge in [-0.3, -0.25) is 0 Å². The zero-order valence-electron chi connectivity index (χ0n) is 12.7. The molecule has 2 N–H and O–H groups in total. The van der Waals surface area contributed by atoms with E-state index in [1.54, 1.807) is 0 Å². The van der Waals surface area contributed by atoms with Crippen molar-refractivity contribution >= 4 is 11.0 Å². The van der Waals surface area contributed by atoms with Crippen LogP contribution in [0.15, 0.2) is 18.5 Å². The van der Waals surface area contributed by atoms with E-state index in [1.807, 2.05) is 6.33 Å². The standard InChI is InChI=1S/C16H25N3O/c1-4-6-17-14(5-7-20)10-19-11-18-15-8-12(2)13(3)9-16(15)19/h8-9,11,14,17,20H,4-7,10H2,1-3H3. The molecular weight excluding hydrogens is 250 g/mol. The Bertz CT molecular complexity index is 562. The van der Waals surface area contributed by atoms with Gasteiger partial charge in [0.15, 0.2) is 0 Å². The van der Waals surface area contributed by atoms with Crippen LogP contribution >= 0.6 is 0 Å². The molecule has 4 heteroatoms. The number of aromatic nitrogens is 2. The molecular formula is C16H25N3O. The summed E-state index contributed by atoms with van der Waals surface area (Å²) in [4.78, 5) is 4.49. The first-order chi connectivity index (χ1) is 9.65. The molecule has 0 saturated heterocycles. The van der Waals surface area contributed by atoms with Crippen molar-refractivity contribution in [3.8, 4) is 0 Å². The van der Waals surface area contributed by atoms with Crippen molar-refractivity contribution in [2.75, 3.05) is 13.2 Å². The zero-order valence-corrected chi connectivity index (χ0v) is 12.7. The van der Waals surface area contributed by atoms with Gasteiger partial charge < -0.3 is 15.0 Å². The van der Waals surface area contributed by atoms with Crippen LogP contribution in [0.4, 0.5) is 0 Å². The van der Waals surface area contributed by atoms with Crippen LogP contribution in [-0.2, 0) is 6.54 Å². The highest BCUT2D eigenvalue weighted by atomic mass is 16.3. The summed E-state index contributed by atoms with van der Waals surface area (Å²) in [6.07, 6.45) is 3.77. The molecule has 1 atom stereocenters. The maximum absolute atomic E-state index is 9.19. The van der Waals surface area contributed by atoms with E-state index in [0.29, 0.717) is 6.04 Å². The van der Waals surface area contributed by atoms with Crippen LogP contribution < -0.4 is 5.32 Å². The van der Waals surface area contributed by atoms with Crippen LogP contribution in [0, 0.1) is 13.8 Å². The Balaban J connectivity index is 2.21. The highest BCUT2D eigenvalue weighted by Gasteiger charge is 2.11. The minimum atomic E-state index is 0.214. The van der Waals surface area contributed by atoms with Crippen molar-refractivity contribution in [1.82, 2.24) is 14.9 Å². The Morgan fingerprint density at radius 2 is 2.05 bits per heavy atom. The van der Waals surface area contributed by atoms with Crippen molar-refractivity contribution in [3.05, 3.63) is 29.6 Å². The molecule has 0 saturated carbocycles. The molecule has 0 aliphatic rings. The maximum atomic E-state index is 9.19. The Hall–Kier alpha value is -1.39. The molecule has 110 valence electrons.